The van der Waals surface area contributed by atoms with Crippen LogP contribution < -0.4 is 10.1 Å². The minimum absolute atomic E-state index is 0.0564. The number of imidazole rings is 1. The highest BCUT2D eigenvalue weighted by molar-refractivity contribution is 5.78. The highest BCUT2D eigenvalue weighted by Gasteiger charge is 2.35. The predicted octanol–water partition coefficient (Wildman–Crippen LogP) is 4.02. The van der Waals surface area contributed by atoms with E-state index in [0.29, 0.717) is 67.8 Å². The fourth-order valence-electron chi connectivity index (χ4n) is 4.43. The number of rotatable bonds is 11. The SMILES string of the molecule is CN(C)CCOc1nccc(-c2[nH]c(C3OCC(C)(CNC(=O)Cc4ccccc4)CO3)nc2-c2ccc(F)cc2)n1. The Morgan fingerprint density at radius 3 is 2.55 bits per heavy atom. The molecule has 1 aliphatic heterocycles. The molecule has 0 bridgehead atoms. The molecule has 0 atom stereocenters. The molecule has 220 valence electrons. The van der Waals surface area contributed by atoms with E-state index in [2.05, 4.69) is 20.3 Å². The normalized spacial score (nSPS) is 18.6. The van der Waals surface area contributed by atoms with E-state index in [-0.39, 0.29) is 17.7 Å². The van der Waals surface area contributed by atoms with Gasteiger partial charge in [0, 0.05) is 30.3 Å². The molecule has 1 aliphatic rings. The third-order valence-electron chi connectivity index (χ3n) is 6.81. The average Bonchev–Trinajstić information content (AvgIpc) is 3.43. The van der Waals surface area contributed by atoms with Gasteiger partial charge in [-0.2, -0.15) is 4.98 Å². The van der Waals surface area contributed by atoms with E-state index in [0.717, 1.165) is 5.56 Å². The van der Waals surface area contributed by atoms with Crippen molar-refractivity contribution in [2.24, 2.45) is 5.41 Å². The van der Waals surface area contributed by atoms with Gasteiger partial charge in [0.05, 0.1) is 36.7 Å². The second-order valence-electron chi connectivity index (χ2n) is 10.9. The number of hydrogen-bond donors (Lipinski definition) is 2. The zero-order chi connectivity index (χ0) is 29.5. The molecule has 2 aromatic heterocycles. The molecule has 2 aromatic carbocycles. The van der Waals surface area contributed by atoms with Crippen LogP contribution >= 0.6 is 0 Å². The topological polar surface area (TPSA) is 114 Å². The maximum Gasteiger partial charge on any atom is 0.316 e. The van der Waals surface area contributed by atoms with Crippen molar-refractivity contribution < 1.29 is 23.4 Å². The summed E-state index contributed by atoms with van der Waals surface area (Å²) in [5.41, 5.74) is 2.97. The lowest BCUT2D eigenvalue weighted by atomic mass is 9.92. The average molecular weight is 575 g/mol. The Hall–Kier alpha value is -4.19. The predicted molar refractivity (Wildman–Crippen MR) is 155 cm³/mol. The van der Waals surface area contributed by atoms with Gasteiger partial charge in [0.15, 0.2) is 5.82 Å². The number of nitrogens with one attached hydrogen (secondary N) is 2. The number of hydrogen-bond acceptors (Lipinski definition) is 8. The molecule has 3 heterocycles. The number of ether oxygens (including phenoxy) is 3. The molecule has 42 heavy (non-hydrogen) atoms. The standard InChI is InChI=1S/C31H35FN6O4/c1-31(18-34-25(39)17-21-7-5-4-6-8-21)19-41-29(42-20-31)28-36-26(22-9-11-23(32)12-10-22)27(37-28)24-13-14-33-30(35-24)40-16-15-38(2)3/h4-14,29H,15-20H2,1-3H3,(H,34,39)(H,36,37). The Balaban J connectivity index is 1.29. The Kier molecular flexibility index (Phi) is 9.21. The molecule has 1 amide bonds. The van der Waals surface area contributed by atoms with Crippen molar-refractivity contribution in [2.75, 3.05) is 47.0 Å². The minimum atomic E-state index is -0.760. The monoisotopic (exact) mass is 574 g/mol. The van der Waals surface area contributed by atoms with E-state index in [1.165, 1.54) is 12.1 Å². The van der Waals surface area contributed by atoms with Crippen LogP contribution in [0.1, 0.15) is 24.6 Å². The van der Waals surface area contributed by atoms with Gasteiger partial charge in [-0.1, -0.05) is 37.3 Å². The van der Waals surface area contributed by atoms with Crippen LogP contribution in [0.4, 0.5) is 4.39 Å². The van der Waals surface area contributed by atoms with Crippen LogP contribution in [0.5, 0.6) is 6.01 Å². The van der Waals surface area contributed by atoms with Crippen LogP contribution in [-0.2, 0) is 20.7 Å². The fourth-order valence-corrected chi connectivity index (χ4v) is 4.43. The van der Waals surface area contributed by atoms with Crippen molar-refractivity contribution in [1.82, 2.24) is 30.2 Å². The van der Waals surface area contributed by atoms with Crippen molar-refractivity contribution in [2.45, 2.75) is 19.6 Å². The zero-order valence-corrected chi connectivity index (χ0v) is 24.0. The van der Waals surface area contributed by atoms with Gasteiger partial charge in [-0.05, 0) is 50.0 Å². The van der Waals surface area contributed by atoms with Gasteiger partial charge in [0.2, 0.25) is 12.2 Å². The largest absolute Gasteiger partial charge is 0.462 e. The number of amides is 1. The van der Waals surface area contributed by atoms with Gasteiger partial charge in [0.1, 0.15) is 12.4 Å². The van der Waals surface area contributed by atoms with E-state index >= 15 is 0 Å². The first-order chi connectivity index (χ1) is 20.3. The molecule has 0 aliphatic carbocycles. The van der Waals surface area contributed by atoms with E-state index in [1.54, 1.807) is 24.4 Å². The number of halogens is 1. The molecule has 4 aromatic rings. The summed E-state index contributed by atoms with van der Waals surface area (Å²) in [4.78, 5) is 31.4. The van der Waals surface area contributed by atoms with Crippen molar-refractivity contribution in [3.05, 3.63) is 84.1 Å². The molecule has 0 radical (unpaired) electrons. The Bertz CT molecular complexity index is 1470. The lowest BCUT2D eigenvalue weighted by Crippen LogP contribution is -2.45. The molecule has 0 spiro atoms. The number of likely N-dealkylation sites (N-methyl/N-ethyl adjacent to an activating group) is 1. The number of nitrogens with zero attached hydrogens (tertiary/aromatic N) is 4. The van der Waals surface area contributed by atoms with Crippen LogP contribution in [0.15, 0.2) is 66.9 Å². The molecular formula is C31H35FN6O4. The Morgan fingerprint density at radius 1 is 1.10 bits per heavy atom. The van der Waals surface area contributed by atoms with Crippen molar-refractivity contribution in [3.8, 4) is 28.7 Å². The fraction of sp³-hybridized carbons (Fsp3) is 0.355. The first kappa shape index (κ1) is 29.3. The van der Waals surface area contributed by atoms with E-state index in [4.69, 9.17) is 19.2 Å². The summed E-state index contributed by atoms with van der Waals surface area (Å²) in [6.45, 7) is 4.26. The highest BCUT2D eigenvalue weighted by Crippen LogP contribution is 2.35. The number of benzene rings is 2. The molecular weight excluding hydrogens is 539 g/mol. The Morgan fingerprint density at radius 2 is 1.83 bits per heavy atom. The van der Waals surface area contributed by atoms with Gasteiger partial charge in [-0.15, -0.1) is 0 Å². The molecule has 5 rings (SSSR count). The van der Waals surface area contributed by atoms with Gasteiger partial charge >= 0.3 is 6.01 Å². The molecule has 10 nitrogen and oxygen atoms in total. The second-order valence-corrected chi connectivity index (χ2v) is 10.9. The minimum Gasteiger partial charge on any atom is -0.462 e. The van der Waals surface area contributed by atoms with Crippen LogP contribution in [-0.4, -0.2) is 77.7 Å². The molecule has 1 saturated heterocycles. The maximum atomic E-state index is 13.7. The summed E-state index contributed by atoms with van der Waals surface area (Å²) < 4.78 is 31.6. The Labute approximate surface area is 244 Å². The number of H-pyrrole nitrogens is 1. The van der Waals surface area contributed by atoms with E-state index in [9.17, 15) is 9.18 Å². The quantitative estimate of drug-likeness (QED) is 0.276. The lowest BCUT2D eigenvalue weighted by molar-refractivity contribution is -0.232. The molecule has 0 saturated carbocycles. The molecule has 0 unspecified atom stereocenters. The summed E-state index contributed by atoms with van der Waals surface area (Å²) in [5.74, 6) is 0.0519. The smallest absolute Gasteiger partial charge is 0.316 e. The summed E-state index contributed by atoms with van der Waals surface area (Å²) in [5, 5.41) is 3.00. The number of aromatic nitrogens is 4. The first-order valence-corrected chi connectivity index (χ1v) is 13.8. The van der Waals surface area contributed by atoms with Crippen molar-refractivity contribution >= 4 is 5.91 Å². The van der Waals surface area contributed by atoms with Crippen LogP contribution in [0, 0.1) is 11.2 Å². The van der Waals surface area contributed by atoms with Crippen LogP contribution in [0.3, 0.4) is 0 Å². The molecule has 2 N–H and O–H groups in total. The number of aromatic amines is 1. The summed E-state index contributed by atoms with van der Waals surface area (Å²) in [6.07, 6.45) is 1.17. The number of carbonyl (C=O) groups excluding carboxylic acids is 1. The van der Waals surface area contributed by atoms with Crippen LogP contribution in [0.2, 0.25) is 0 Å². The highest BCUT2D eigenvalue weighted by atomic mass is 19.1. The van der Waals surface area contributed by atoms with Crippen LogP contribution in [0.25, 0.3) is 22.6 Å². The van der Waals surface area contributed by atoms with E-state index < -0.39 is 11.7 Å². The van der Waals surface area contributed by atoms with Gasteiger partial charge in [-0.3, -0.25) is 4.79 Å². The summed E-state index contributed by atoms with van der Waals surface area (Å²) >= 11 is 0. The second kappa shape index (κ2) is 13.2. The third kappa shape index (κ3) is 7.55. The maximum absolute atomic E-state index is 13.7. The van der Waals surface area contributed by atoms with E-state index in [1.807, 2.05) is 56.3 Å². The zero-order valence-electron chi connectivity index (χ0n) is 24.0. The summed E-state index contributed by atoms with van der Waals surface area (Å²) in [6, 6.07) is 17.7. The summed E-state index contributed by atoms with van der Waals surface area (Å²) in [7, 11) is 3.92. The molecule has 1 fully saturated rings. The van der Waals surface area contributed by atoms with Gasteiger partial charge in [-0.25, -0.2) is 14.4 Å². The molecule has 11 heteroatoms. The van der Waals surface area contributed by atoms with Gasteiger partial charge < -0.3 is 29.4 Å². The number of carbonyl (C=O) groups is 1. The lowest BCUT2D eigenvalue weighted by Gasteiger charge is -2.36. The first-order valence-electron chi connectivity index (χ1n) is 13.8. The van der Waals surface area contributed by atoms with Gasteiger partial charge in [0.25, 0.3) is 0 Å². The van der Waals surface area contributed by atoms with Crippen molar-refractivity contribution in [3.63, 3.8) is 0 Å². The van der Waals surface area contributed by atoms with Crippen molar-refractivity contribution in [1.29, 1.82) is 0 Å². The third-order valence-corrected chi connectivity index (χ3v) is 6.81.